The molecular weight excluding hydrogens is 216 g/mol. The molecule has 1 aliphatic rings. The third-order valence-electron chi connectivity index (χ3n) is 3.28. The van der Waals surface area contributed by atoms with Gasteiger partial charge in [0.2, 0.25) is 0 Å². The van der Waals surface area contributed by atoms with Crippen molar-refractivity contribution in [2.75, 3.05) is 39.4 Å². The average molecular weight is 238 g/mol. The molecule has 1 saturated heterocycles. The van der Waals surface area contributed by atoms with E-state index in [1.807, 2.05) is 17.9 Å². The Morgan fingerprint density at radius 2 is 2.24 bits per heavy atom. The van der Waals surface area contributed by atoms with Crippen molar-refractivity contribution in [3.05, 3.63) is 18.0 Å². The minimum Gasteiger partial charge on any atom is -0.379 e. The number of hydrogen-bond donors (Lipinski definition) is 1. The zero-order chi connectivity index (χ0) is 12.1. The number of ether oxygens (including phenoxy) is 1. The fourth-order valence-corrected chi connectivity index (χ4v) is 2.18. The molecule has 1 aromatic rings. The van der Waals surface area contributed by atoms with E-state index in [4.69, 9.17) is 4.74 Å². The standard InChI is InChI=1S/C12H22N4O/c1-11(12-3-4-14-15(12)2)13-5-6-16-7-9-17-10-8-16/h3-4,11,13H,5-10H2,1-2H3. The van der Waals surface area contributed by atoms with Crippen molar-refractivity contribution >= 4 is 0 Å². The first-order valence-electron chi connectivity index (χ1n) is 6.29. The van der Waals surface area contributed by atoms with Gasteiger partial charge in [-0.15, -0.1) is 0 Å². The number of morpholine rings is 1. The van der Waals surface area contributed by atoms with E-state index in [0.29, 0.717) is 6.04 Å². The number of hydrogen-bond acceptors (Lipinski definition) is 4. The number of rotatable bonds is 5. The molecule has 17 heavy (non-hydrogen) atoms. The molecule has 1 unspecified atom stereocenters. The van der Waals surface area contributed by atoms with E-state index in [0.717, 1.165) is 39.4 Å². The Balaban J connectivity index is 1.69. The zero-order valence-electron chi connectivity index (χ0n) is 10.7. The van der Waals surface area contributed by atoms with Crippen LogP contribution in [0.25, 0.3) is 0 Å². The van der Waals surface area contributed by atoms with Crippen molar-refractivity contribution < 1.29 is 4.74 Å². The van der Waals surface area contributed by atoms with Crippen LogP contribution in [0.2, 0.25) is 0 Å². The summed E-state index contributed by atoms with van der Waals surface area (Å²) in [4.78, 5) is 2.44. The summed E-state index contributed by atoms with van der Waals surface area (Å²) in [7, 11) is 1.98. The lowest BCUT2D eigenvalue weighted by atomic mass is 10.2. The molecule has 96 valence electrons. The summed E-state index contributed by atoms with van der Waals surface area (Å²) in [5, 5.41) is 7.72. The van der Waals surface area contributed by atoms with Crippen LogP contribution in [0.4, 0.5) is 0 Å². The molecule has 1 fully saturated rings. The van der Waals surface area contributed by atoms with Gasteiger partial charge in [0.25, 0.3) is 0 Å². The maximum absolute atomic E-state index is 5.33. The lowest BCUT2D eigenvalue weighted by molar-refractivity contribution is 0.0381. The van der Waals surface area contributed by atoms with Gasteiger partial charge in [-0.1, -0.05) is 0 Å². The van der Waals surface area contributed by atoms with Gasteiger partial charge in [0.05, 0.1) is 18.9 Å². The van der Waals surface area contributed by atoms with E-state index in [2.05, 4.69) is 28.3 Å². The molecule has 1 aromatic heterocycles. The molecule has 0 amide bonds. The van der Waals surface area contributed by atoms with Crippen LogP contribution in [0.15, 0.2) is 12.3 Å². The van der Waals surface area contributed by atoms with E-state index >= 15 is 0 Å². The second kappa shape index (κ2) is 6.14. The Labute approximate surface area is 103 Å². The minimum atomic E-state index is 0.351. The van der Waals surface area contributed by atoms with E-state index < -0.39 is 0 Å². The highest BCUT2D eigenvalue weighted by Gasteiger charge is 2.11. The van der Waals surface area contributed by atoms with Gasteiger partial charge in [0.15, 0.2) is 0 Å². The van der Waals surface area contributed by atoms with Gasteiger partial charge < -0.3 is 10.1 Å². The monoisotopic (exact) mass is 238 g/mol. The molecule has 5 heteroatoms. The Morgan fingerprint density at radius 1 is 1.47 bits per heavy atom. The van der Waals surface area contributed by atoms with Gasteiger partial charge in [-0.05, 0) is 13.0 Å². The summed E-state index contributed by atoms with van der Waals surface area (Å²) in [5.41, 5.74) is 1.23. The molecule has 1 aliphatic heterocycles. The number of nitrogens with zero attached hydrogens (tertiary/aromatic N) is 3. The van der Waals surface area contributed by atoms with Crippen LogP contribution >= 0.6 is 0 Å². The highest BCUT2D eigenvalue weighted by Crippen LogP contribution is 2.09. The quantitative estimate of drug-likeness (QED) is 0.806. The van der Waals surface area contributed by atoms with Crippen LogP contribution in [0.3, 0.4) is 0 Å². The van der Waals surface area contributed by atoms with Crippen LogP contribution < -0.4 is 5.32 Å². The maximum atomic E-state index is 5.33. The number of aromatic nitrogens is 2. The SMILES string of the molecule is CC(NCCN1CCOCC1)c1ccnn1C. The highest BCUT2D eigenvalue weighted by atomic mass is 16.5. The van der Waals surface area contributed by atoms with E-state index in [1.165, 1.54) is 5.69 Å². The highest BCUT2D eigenvalue weighted by molar-refractivity contribution is 5.05. The molecule has 5 nitrogen and oxygen atoms in total. The number of nitrogens with one attached hydrogen (secondary N) is 1. The molecule has 2 rings (SSSR count). The molecule has 0 radical (unpaired) electrons. The third-order valence-corrected chi connectivity index (χ3v) is 3.28. The van der Waals surface area contributed by atoms with E-state index in [9.17, 15) is 0 Å². The van der Waals surface area contributed by atoms with Gasteiger partial charge in [0, 0.05) is 45.5 Å². The zero-order valence-corrected chi connectivity index (χ0v) is 10.7. The molecule has 0 aliphatic carbocycles. The predicted octanol–water partition coefficient (Wildman–Crippen LogP) is 0.403. The molecule has 1 N–H and O–H groups in total. The summed E-state index contributed by atoms with van der Waals surface area (Å²) in [6.45, 7) is 8.13. The lowest BCUT2D eigenvalue weighted by Crippen LogP contribution is -2.40. The van der Waals surface area contributed by atoms with Crippen molar-refractivity contribution in [2.24, 2.45) is 7.05 Å². The third kappa shape index (κ3) is 3.52. The smallest absolute Gasteiger partial charge is 0.0594 e. The second-order valence-electron chi connectivity index (χ2n) is 4.51. The Morgan fingerprint density at radius 3 is 2.88 bits per heavy atom. The summed E-state index contributed by atoms with van der Waals surface area (Å²) in [6.07, 6.45) is 1.84. The minimum absolute atomic E-state index is 0.351. The maximum Gasteiger partial charge on any atom is 0.0594 e. The topological polar surface area (TPSA) is 42.3 Å². The average Bonchev–Trinajstić information content (AvgIpc) is 2.77. The molecule has 0 saturated carbocycles. The molecular formula is C12H22N4O. The van der Waals surface area contributed by atoms with Crippen molar-refractivity contribution in [2.45, 2.75) is 13.0 Å². The van der Waals surface area contributed by atoms with Crippen LogP contribution in [-0.2, 0) is 11.8 Å². The molecule has 1 atom stereocenters. The lowest BCUT2D eigenvalue weighted by Gasteiger charge is -2.27. The summed E-state index contributed by atoms with van der Waals surface area (Å²) >= 11 is 0. The van der Waals surface area contributed by atoms with Gasteiger partial charge in [-0.2, -0.15) is 5.10 Å². The Kier molecular flexibility index (Phi) is 4.53. The summed E-state index contributed by atoms with van der Waals surface area (Å²) in [5.74, 6) is 0. The molecule has 0 spiro atoms. The Hall–Kier alpha value is -0.910. The molecule has 2 heterocycles. The van der Waals surface area contributed by atoms with Crippen LogP contribution in [0, 0.1) is 0 Å². The molecule has 0 aromatic carbocycles. The van der Waals surface area contributed by atoms with Crippen LogP contribution in [0.1, 0.15) is 18.7 Å². The van der Waals surface area contributed by atoms with E-state index in [-0.39, 0.29) is 0 Å². The van der Waals surface area contributed by atoms with Gasteiger partial charge in [-0.25, -0.2) is 0 Å². The van der Waals surface area contributed by atoms with Crippen molar-refractivity contribution in [1.82, 2.24) is 20.0 Å². The first-order chi connectivity index (χ1) is 8.27. The summed E-state index contributed by atoms with van der Waals surface area (Å²) < 4.78 is 7.25. The predicted molar refractivity (Wildman–Crippen MR) is 66.9 cm³/mol. The first kappa shape index (κ1) is 12.5. The largest absolute Gasteiger partial charge is 0.379 e. The van der Waals surface area contributed by atoms with Crippen molar-refractivity contribution in [3.8, 4) is 0 Å². The van der Waals surface area contributed by atoms with Crippen molar-refractivity contribution in [3.63, 3.8) is 0 Å². The normalized spacial score (nSPS) is 19.4. The van der Waals surface area contributed by atoms with E-state index in [1.54, 1.807) is 0 Å². The first-order valence-corrected chi connectivity index (χ1v) is 6.29. The fraction of sp³-hybridized carbons (Fsp3) is 0.750. The van der Waals surface area contributed by atoms with Gasteiger partial charge >= 0.3 is 0 Å². The van der Waals surface area contributed by atoms with Crippen LogP contribution in [-0.4, -0.2) is 54.1 Å². The van der Waals surface area contributed by atoms with Gasteiger partial charge in [0.1, 0.15) is 0 Å². The fourth-order valence-electron chi connectivity index (χ4n) is 2.18. The Bertz CT molecular complexity index is 333. The summed E-state index contributed by atoms with van der Waals surface area (Å²) in [6, 6.07) is 2.41. The van der Waals surface area contributed by atoms with Crippen LogP contribution in [0.5, 0.6) is 0 Å². The van der Waals surface area contributed by atoms with Gasteiger partial charge in [-0.3, -0.25) is 9.58 Å². The number of aryl methyl sites for hydroxylation is 1. The molecule has 0 bridgehead atoms. The van der Waals surface area contributed by atoms with Crippen molar-refractivity contribution in [1.29, 1.82) is 0 Å². The second-order valence-corrected chi connectivity index (χ2v) is 4.51.